The van der Waals surface area contributed by atoms with Crippen LogP contribution in [-0.2, 0) is 13.0 Å². The van der Waals surface area contributed by atoms with Crippen LogP contribution >= 0.6 is 27.3 Å². The maximum atomic E-state index is 4.25. The van der Waals surface area contributed by atoms with Gasteiger partial charge in [-0.3, -0.25) is 0 Å². The lowest BCUT2D eigenvalue weighted by atomic mass is 10.2. The highest BCUT2D eigenvalue weighted by Crippen LogP contribution is 2.11. The van der Waals surface area contributed by atoms with Gasteiger partial charge >= 0.3 is 0 Å². The Morgan fingerprint density at radius 2 is 2.31 bits per heavy atom. The molecule has 2 rings (SSSR count). The Morgan fingerprint density at radius 1 is 1.38 bits per heavy atom. The van der Waals surface area contributed by atoms with Gasteiger partial charge in [0.25, 0.3) is 0 Å². The van der Waals surface area contributed by atoms with Crippen LogP contribution in [0.4, 0.5) is 0 Å². The molecular formula is C12H13BrN2S. The van der Waals surface area contributed by atoms with E-state index in [1.165, 1.54) is 10.6 Å². The second-order valence-corrected chi connectivity index (χ2v) is 5.38. The molecule has 0 saturated heterocycles. The summed E-state index contributed by atoms with van der Waals surface area (Å²) in [6.45, 7) is 1.88. The maximum Gasteiger partial charge on any atom is 0.0937 e. The van der Waals surface area contributed by atoms with E-state index in [2.05, 4.69) is 44.4 Å². The molecule has 0 amide bonds. The smallest absolute Gasteiger partial charge is 0.0937 e. The van der Waals surface area contributed by atoms with Crippen LogP contribution in [0, 0.1) is 0 Å². The van der Waals surface area contributed by atoms with Crippen LogP contribution < -0.4 is 5.32 Å². The van der Waals surface area contributed by atoms with Gasteiger partial charge in [0.15, 0.2) is 0 Å². The largest absolute Gasteiger partial charge is 0.312 e. The number of nitrogens with one attached hydrogen (secondary N) is 1. The Morgan fingerprint density at radius 3 is 3.06 bits per heavy atom. The Bertz CT molecular complexity index is 428. The molecule has 0 aliphatic rings. The lowest BCUT2D eigenvalue weighted by Gasteiger charge is -2.04. The van der Waals surface area contributed by atoms with E-state index in [9.17, 15) is 0 Å². The van der Waals surface area contributed by atoms with E-state index in [-0.39, 0.29) is 0 Å². The minimum atomic E-state index is 0.908. The van der Waals surface area contributed by atoms with Crippen molar-refractivity contribution in [3.8, 4) is 0 Å². The first-order valence-corrected chi connectivity index (χ1v) is 6.85. The van der Waals surface area contributed by atoms with E-state index in [4.69, 9.17) is 0 Å². The summed E-state index contributed by atoms with van der Waals surface area (Å²) in [5.74, 6) is 0. The van der Waals surface area contributed by atoms with Gasteiger partial charge in [-0.05, 0) is 17.7 Å². The molecule has 0 atom stereocenters. The van der Waals surface area contributed by atoms with E-state index < -0.39 is 0 Å². The zero-order chi connectivity index (χ0) is 11.2. The van der Waals surface area contributed by atoms with Crippen LogP contribution in [0.3, 0.4) is 0 Å². The van der Waals surface area contributed by atoms with Gasteiger partial charge in [0.1, 0.15) is 0 Å². The second kappa shape index (κ2) is 6.13. The van der Waals surface area contributed by atoms with Crippen molar-refractivity contribution in [1.29, 1.82) is 0 Å². The summed E-state index contributed by atoms with van der Waals surface area (Å²) in [4.78, 5) is 4.25. The van der Waals surface area contributed by atoms with Gasteiger partial charge in [0.05, 0.1) is 5.01 Å². The van der Waals surface area contributed by atoms with Gasteiger partial charge in [-0.15, -0.1) is 11.3 Å². The van der Waals surface area contributed by atoms with Crippen molar-refractivity contribution in [3.05, 3.63) is 50.9 Å². The summed E-state index contributed by atoms with van der Waals surface area (Å²) in [5.41, 5.74) is 1.30. The van der Waals surface area contributed by atoms with Crippen LogP contribution in [0.15, 0.2) is 40.3 Å². The van der Waals surface area contributed by atoms with Crippen molar-refractivity contribution >= 4 is 27.3 Å². The number of nitrogens with zero attached hydrogens (tertiary/aromatic N) is 1. The predicted octanol–water partition coefficient (Wildman–Crippen LogP) is 3.24. The zero-order valence-corrected chi connectivity index (χ0v) is 11.2. The number of aromatic nitrogens is 1. The quantitative estimate of drug-likeness (QED) is 0.857. The highest BCUT2D eigenvalue weighted by atomic mass is 79.9. The van der Waals surface area contributed by atoms with Gasteiger partial charge in [-0.25, -0.2) is 4.98 Å². The third-order valence-corrected chi connectivity index (χ3v) is 3.55. The molecule has 2 aromatic rings. The average Bonchev–Trinajstić information content (AvgIpc) is 2.77. The van der Waals surface area contributed by atoms with Gasteiger partial charge in [-0.1, -0.05) is 28.1 Å². The van der Waals surface area contributed by atoms with Crippen LogP contribution in [0.1, 0.15) is 10.6 Å². The first-order valence-electron chi connectivity index (χ1n) is 5.18. The van der Waals surface area contributed by atoms with E-state index >= 15 is 0 Å². The molecule has 1 N–H and O–H groups in total. The lowest BCUT2D eigenvalue weighted by Crippen LogP contribution is -2.16. The first-order chi connectivity index (χ1) is 7.84. The number of hydrogen-bond acceptors (Lipinski definition) is 3. The average molecular weight is 297 g/mol. The Hall–Kier alpha value is -0.710. The molecule has 2 nitrogen and oxygen atoms in total. The molecule has 1 heterocycles. The fraction of sp³-hybridized carbons (Fsp3) is 0.250. The van der Waals surface area contributed by atoms with E-state index in [1.807, 2.05) is 17.6 Å². The normalized spacial score (nSPS) is 10.6. The van der Waals surface area contributed by atoms with Crippen molar-refractivity contribution in [2.75, 3.05) is 6.54 Å². The van der Waals surface area contributed by atoms with Crippen molar-refractivity contribution in [2.24, 2.45) is 0 Å². The number of rotatable bonds is 5. The van der Waals surface area contributed by atoms with E-state index in [1.54, 1.807) is 11.3 Å². The first kappa shape index (κ1) is 11.8. The molecule has 0 fully saturated rings. The highest BCUT2D eigenvalue weighted by Gasteiger charge is 1.96. The third kappa shape index (κ3) is 3.70. The number of halogens is 1. The molecule has 0 aliphatic carbocycles. The molecule has 0 aliphatic heterocycles. The zero-order valence-electron chi connectivity index (χ0n) is 8.82. The van der Waals surface area contributed by atoms with Gasteiger partial charge in [0, 0.05) is 35.6 Å². The summed E-state index contributed by atoms with van der Waals surface area (Å²) in [6.07, 6.45) is 2.86. The monoisotopic (exact) mass is 296 g/mol. The lowest BCUT2D eigenvalue weighted by molar-refractivity contribution is 0.685. The topological polar surface area (TPSA) is 24.9 Å². The van der Waals surface area contributed by atoms with Gasteiger partial charge < -0.3 is 5.32 Å². The molecule has 84 valence electrons. The minimum absolute atomic E-state index is 0.908. The minimum Gasteiger partial charge on any atom is -0.312 e. The van der Waals surface area contributed by atoms with E-state index in [0.29, 0.717) is 0 Å². The Labute approximate surface area is 108 Å². The van der Waals surface area contributed by atoms with Crippen molar-refractivity contribution in [3.63, 3.8) is 0 Å². The number of hydrogen-bond donors (Lipinski definition) is 1. The summed E-state index contributed by atoms with van der Waals surface area (Å²) in [6, 6.07) is 8.36. The molecule has 1 aromatic heterocycles. The van der Waals surface area contributed by atoms with E-state index in [0.717, 1.165) is 24.0 Å². The molecule has 1 aromatic carbocycles. The van der Waals surface area contributed by atoms with Crippen molar-refractivity contribution in [2.45, 2.75) is 13.0 Å². The summed E-state index contributed by atoms with van der Waals surface area (Å²) < 4.78 is 1.13. The van der Waals surface area contributed by atoms with Crippen molar-refractivity contribution < 1.29 is 0 Å². The summed E-state index contributed by atoms with van der Waals surface area (Å²) >= 11 is 5.18. The second-order valence-electron chi connectivity index (χ2n) is 3.48. The molecule has 0 spiro atoms. The third-order valence-electron chi connectivity index (χ3n) is 2.22. The Kier molecular flexibility index (Phi) is 4.51. The Balaban J connectivity index is 1.72. The predicted molar refractivity (Wildman–Crippen MR) is 71.7 cm³/mol. The molecule has 4 heteroatoms. The van der Waals surface area contributed by atoms with Crippen LogP contribution in [0.2, 0.25) is 0 Å². The van der Waals surface area contributed by atoms with Crippen molar-refractivity contribution in [1.82, 2.24) is 10.3 Å². The molecule has 0 bridgehead atoms. The SMILES string of the molecule is Brc1cccc(CNCCc2nccs2)c1. The fourth-order valence-corrected chi connectivity index (χ4v) is 2.52. The summed E-state index contributed by atoms with van der Waals surface area (Å²) in [5, 5.41) is 6.63. The molecule has 0 saturated carbocycles. The summed E-state index contributed by atoms with van der Waals surface area (Å²) in [7, 11) is 0. The molecule has 0 unspecified atom stereocenters. The molecule has 0 radical (unpaired) electrons. The molecule has 16 heavy (non-hydrogen) atoms. The highest BCUT2D eigenvalue weighted by molar-refractivity contribution is 9.10. The number of benzene rings is 1. The fourth-order valence-electron chi connectivity index (χ4n) is 1.45. The number of thiazole rings is 1. The van der Waals surface area contributed by atoms with Crippen LogP contribution in [0.25, 0.3) is 0 Å². The van der Waals surface area contributed by atoms with Gasteiger partial charge in [0.2, 0.25) is 0 Å². The van der Waals surface area contributed by atoms with Crippen LogP contribution in [-0.4, -0.2) is 11.5 Å². The van der Waals surface area contributed by atoms with Crippen LogP contribution in [0.5, 0.6) is 0 Å². The van der Waals surface area contributed by atoms with Gasteiger partial charge in [-0.2, -0.15) is 0 Å². The maximum absolute atomic E-state index is 4.25. The standard InChI is InChI=1S/C12H13BrN2S/c13-11-3-1-2-10(8-11)9-14-5-4-12-15-6-7-16-12/h1-3,6-8,14H,4-5,9H2. The molecular weight excluding hydrogens is 284 g/mol.